The van der Waals surface area contributed by atoms with Crippen LogP contribution < -0.4 is 32.7 Å². The van der Waals surface area contributed by atoms with Crippen LogP contribution in [0.25, 0.3) is 0 Å². The van der Waals surface area contributed by atoms with Gasteiger partial charge in [-0.2, -0.15) is 0 Å². The third-order valence-corrected chi connectivity index (χ3v) is 5.49. The van der Waals surface area contributed by atoms with E-state index in [4.69, 9.17) is 11.5 Å². The number of rotatable bonds is 17. The van der Waals surface area contributed by atoms with Crippen molar-refractivity contribution in [3.05, 3.63) is 29.8 Å². The number of esters is 1. The van der Waals surface area contributed by atoms with Gasteiger partial charge >= 0.3 is 5.97 Å². The number of amides is 2. The molecule has 0 radical (unpaired) electrons. The molecule has 0 unspecified atom stereocenters. The summed E-state index contributed by atoms with van der Waals surface area (Å²) in [5.74, 6) is -1.30. The first kappa shape index (κ1) is 30.0. The summed E-state index contributed by atoms with van der Waals surface area (Å²) in [5.41, 5.74) is 11.2. The molecule has 11 heteroatoms. The number of carbonyl (C=O) groups is 4. The molecule has 11 nitrogen and oxygen atoms in total. The minimum atomic E-state index is -1.22. The average Bonchev–Trinajstić information content (AvgIpc) is 2.84. The molecular formula is C24H40N6O5. The van der Waals surface area contributed by atoms with Crippen molar-refractivity contribution in [1.29, 1.82) is 0 Å². The van der Waals surface area contributed by atoms with Crippen LogP contribution in [-0.4, -0.2) is 69.1 Å². The summed E-state index contributed by atoms with van der Waals surface area (Å²) in [6.07, 6.45) is 1.93. The van der Waals surface area contributed by atoms with Crippen molar-refractivity contribution in [2.24, 2.45) is 17.4 Å². The lowest BCUT2D eigenvalue weighted by Crippen LogP contribution is -2.60. The number of benzene rings is 1. The smallest absolute Gasteiger partial charge is 0.309 e. The van der Waals surface area contributed by atoms with Gasteiger partial charge in [0.05, 0.1) is 13.5 Å². The van der Waals surface area contributed by atoms with Crippen LogP contribution in [0.3, 0.4) is 0 Å². The molecule has 196 valence electrons. The zero-order chi connectivity index (χ0) is 26.3. The van der Waals surface area contributed by atoms with Crippen molar-refractivity contribution in [1.82, 2.24) is 16.0 Å². The molecule has 8 N–H and O–H groups in total. The van der Waals surface area contributed by atoms with Crippen LogP contribution in [0, 0.1) is 5.92 Å². The highest BCUT2D eigenvalue weighted by Crippen LogP contribution is 2.16. The number of hydrogen-bond acceptors (Lipinski definition) is 9. The van der Waals surface area contributed by atoms with Gasteiger partial charge in [0.15, 0.2) is 0 Å². The van der Waals surface area contributed by atoms with Crippen LogP contribution in [0.5, 0.6) is 0 Å². The molecule has 0 heterocycles. The number of hydrogen-bond donors (Lipinski definition) is 6. The van der Waals surface area contributed by atoms with E-state index in [2.05, 4.69) is 26.0 Å². The monoisotopic (exact) mass is 492 g/mol. The maximum atomic E-state index is 13.2. The van der Waals surface area contributed by atoms with Gasteiger partial charge in [-0.1, -0.05) is 26.0 Å². The van der Waals surface area contributed by atoms with E-state index in [1.54, 1.807) is 24.3 Å². The molecular weight excluding hydrogens is 452 g/mol. The summed E-state index contributed by atoms with van der Waals surface area (Å²) in [6.45, 7) is 4.81. The Kier molecular flexibility index (Phi) is 13.5. The molecule has 0 aliphatic carbocycles. The fourth-order valence-electron chi connectivity index (χ4n) is 3.43. The van der Waals surface area contributed by atoms with E-state index in [0.717, 1.165) is 17.5 Å². The third kappa shape index (κ3) is 10.8. The van der Waals surface area contributed by atoms with Crippen LogP contribution in [-0.2, 0) is 30.3 Å². The molecule has 0 aliphatic heterocycles. The first-order valence-corrected chi connectivity index (χ1v) is 11.8. The first-order valence-electron chi connectivity index (χ1n) is 11.8. The molecule has 0 aromatic heterocycles. The fraction of sp³-hybridized carbons (Fsp3) is 0.583. The second-order valence-electron chi connectivity index (χ2n) is 8.70. The van der Waals surface area contributed by atoms with E-state index in [1.165, 1.54) is 7.11 Å². The van der Waals surface area contributed by atoms with Crippen LogP contribution in [0.4, 0.5) is 5.69 Å². The van der Waals surface area contributed by atoms with Gasteiger partial charge in [0.25, 0.3) is 0 Å². The molecule has 35 heavy (non-hydrogen) atoms. The lowest BCUT2D eigenvalue weighted by molar-refractivity contribution is -0.139. The topological polar surface area (TPSA) is 178 Å². The highest BCUT2D eigenvalue weighted by atomic mass is 16.5. The van der Waals surface area contributed by atoms with Crippen molar-refractivity contribution in [2.75, 3.05) is 38.7 Å². The lowest BCUT2D eigenvalue weighted by atomic mass is 9.92. The highest BCUT2D eigenvalue weighted by Gasteiger charge is 2.35. The number of anilines is 1. The Bertz CT molecular complexity index is 817. The number of aldehydes is 1. The lowest BCUT2D eigenvalue weighted by Gasteiger charge is -2.33. The summed E-state index contributed by atoms with van der Waals surface area (Å²) in [4.78, 5) is 49.0. The molecule has 1 aromatic rings. The van der Waals surface area contributed by atoms with Gasteiger partial charge in [-0.15, -0.1) is 0 Å². The fourth-order valence-corrected chi connectivity index (χ4v) is 3.43. The molecule has 1 rings (SSSR count). The third-order valence-electron chi connectivity index (χ3n) is 5.49. The minimum absolute atomic E-state index is 0.105. The van der Waals surface area contributed by atoms with E-state index < -0.39 is 17.5 Å². The summed E-state index contributed by atoms with van der Waals surface area (Å²) < 4.78 is 4.68. The molecule has 0 bridgehead atoms. The predicted octanol–water partition coefficient (Wildman–Crippen LogP) is -0.356. The van der Waals surface area contributed by atoms with Crippen molar-refractivity contribution < 1.29 is 23.9 Å². The van der Waals surface area contributed by atoms with Crippen LogP contribution in [0.1, 0.15) is 38.7 Å². The molecule has 0 spiro atoms. The number of ether oxygens (including phenoxy) is 1. The predicted molar refractivity (Wildman–Crippen MR) is 134 cm³/mol. The van der Waals surface area contributed by atoms with Crippen molar-refractivity contribution in [3.8, 4) is 0 Å². The van der Waals surface area contributed by atoms with Crippen molar-refractivity contribution in [2.45, 2.75) is 51.1 Å². The Morgan fingerprint density at radius 2 is 1.83 bits per heavy atom. The van der Waals surface area contributed by atoms with E-state index in [0.29, 0.717) is 26.1 Å². The second-order valence-corrected chi connectivity index (χ2v) is 8.70. The Balaban J connectivity index is 2.99. The zero-order valence-corrected chi connectivity index (χ0v) is 20.9. The van der Waals surface area contributed by atoms with Gasteiger partial charge in [-0.05, 0) is 43.0 Å². The Hall–Kier alpha value is -3.02. The van der Waals surface area contributed by atoms with E-state index in [1.807, 2.05) is 13.8 Å². The summed E-state index contributed by atoms with van der Waals surface area (Å²) >= 11 is 0. The molecule has 0 fully saturated rings. The summed E-state index contributed by atoms with van der Waals surface area (Å²) in [6, 6.07) is 6.33. The molecule has 0 saturated heterocycles. The Labute approximate surface area is 207 Å². The molecule has 0 aliphatic rings. The summed E-state index contributed by atoms with van der Waals surface area (Å²) in [7, 11) is 1.34. The first-order chi connectivity index (χ1) is 16.7. The van der Waals surface area contributed by atoms with Crippen molar-refractivity contribution in [3.63, 3.8) is 0 Å². The highest BCUT2D eigenvalue weighted by molar-refractivity contribution is 5.90. The van der Waals surface area contributed by atoms with Gasteiger partial charge in [0, 0.05) is 31.9 Å². The maximum absolute atomic E-state index is 13.2. The van der Waals surface area contributed by atoms with Crippen LogP contribution in [0.15, 0.2) is 24.3 Å². The van der Waals surface area contributed by atoms with Crippen LogP contribution in [0.2, 0.25) is 0 Å². The van der Waals surface area contributed by atoms with E-state index in [-0.39, 0.29) is 43.7 Å². The van der Waals surface area contributed by atoms with E-state index in [9.17, 15) is 19.2 Å². The number of methoxy groups -OCH3 is 1. The Morgan fingerprint density at radius 1 is 1.14 bits per heavy atom. The van der Waals surface area contributed by atoms with E-state index >= 15 is 0 Å². The molecule has 1 aromatic carbocycles. The molecule has 0 saturated carbocycles. The summed E-state index contributed by atoms with van der Waals surface area (Å²) in [5, 5.41) is 11.8. The standard InChI is InChI=1S/C24H40N6O5/c1-17(2)22(29-20(32)9-11-25)23(34)30-24(15-31,10-4-12-27-16-26)14-28-19-7-5-18(6-8-19)13-21(33)35-3/h5-8,15,17,22,27-28H,4,9-14,16,25-26H2,1-3H3,(H,29,32)(H,30,34)/t22-,24+/m0/s1. The van der Waals surface area contributed by atoms with Gasteiger partial charge in [-0.3, -0.25) is 14.4 Å². The van der Waals surface area contributed by atoms with Gasteiger partial charge < -0.3 is 42.3 Å². The molecule has 2 atom stereocenters. The Morgan fingerprint density at radius 3 is 2.37 bits per heavy atom. The van der Waals surface area contributed by atoms with Crippen molar-refractivity contribution >= 4 is 29.8 Å². The normalized spacial score (nSPS) is 13.4. The van der Waals surface area contributed by atoms with Gasteiger partial charge in [0.1, 0.15) is 17.9 Å². The molecule has 2 amide bonds. The number of nitrogens with two attached hydrogens (primary N) is 2. The van der Waals surface area contributed by atoms with Gasteiger partial charge in [0.2, 0.25) is 11.8 Å². The SMILES string of the molecule is COC(=O)Cc1ccc(NC[C@@](C=O)(CCCNCN)NC(=O)[C@@H](NC(=O)CCN)C(C)C)cc1. The van der Waals surface area contributed by atoms with Gasteiger partial charge in [-0.25, -0.2) is 0 Å². The second kappa shape index (κ2) is 15.8. The average molecular weight is 493 g/mol. The largest absolute Gasteiger partial charge is 0.469 e. The number of carbonyl (C=O) groups excluding carboxylic acids is 4. The van der Waals surface area contributed by atoms with Crippen LogP contribution >= 0.6 is 0 Å². The maximum Gasteiger partial charge on any atom is 0.309 e. The minimum Gasteiger partial charge on any atom is -0.469 e. The number of nitrogens with one attached hydrogen (secondary N) is 4. The zero-order valence-electron chi connectivity index (χ0n) is 20.9. The quantitative estimate of drug-likeness (QED) is 0.0733.